The molecule has 0 unspecified atom stereocenters. The van der Waals surface area contributed by atoms with Gasteiger partial charge in [-0.1, -0.05) is 0 Å². The highest BCUT2D eigenvalue weighted by Gasteiger charge is 2.58. The fourth-order valence-electron chi connectivity index (χ4n) is 4.83. The topological polar surface area (TPSA) is 119 Å². The smallest absolute Gasteiger partial charge is 0.274 e. The number of fused-ring (bicyclic) bond motifs is 1. The number of rotatable bonds is 4. The summed E-state index contributed by atoms with van der Waals surface area (Å²) in [5, 5.41) is 2.37. The molecule has 8 nitrogen and oxygen atoms in total. The maximum atomic E-state index is 15.1. The van der Waals surface area contributed by atoms with E-state index in [1.165, 1.54) is 25.4 Å². The van der Waals surface area contributed by atoms with E-state index in [9.17, 15) is 9.00 Å². The molecule has 2 aliphatic heterocycles. The standard InChI is InChI=1S/C23H30FN5O3S/c1-13-10-15(32-5)12-26-19(13)20(30)28-14-6-7-17(24)16(11-14)23(4)18-8-9-27-33(18,31)22(2,3)21(25)29-23/h6-7,10-12,18,33H,8-9H2,1-5H3,(H2,25,29)(H,27,31)(H,28,30)/t18-,23-/m1/s1. The van der Waals surface area contributed by atoms with Crippen molar-refractivity contribution in [3.05, 3.63) is 53.1 Å². The maximum absolute atomic E-state index is 15.1. The van der Waals surface area contributed by atoms with E-state index in [2.05, 4.69) is 15.0 Å². The molecule has 4 N–H and O–H groups in total. The van der Waals surface area contributed by atoms with Crippen LogP contribution in [0.4, 0.5) is 10.1 Å². The second kappa shape index (κ2) is 7.88. The van der Waals surface area contributed by atoms with Crippen molar-refractivity contribution in [2.24, 2.45) is 10.7 Å². The van der Waals surface area contributed by atoms with Crippen LogP contribution in [0.2, 0.25) is 0 Å². The van der Waals surface area contributed by atoms with E-state index in [1.807, 2.05) is 13.8 Å². The minimum atomic E-state index is -3.03. The molecule has 0 radical (unpaired) electrons. The van der Waals surface area contributed by atoms with Gasteiger partial charge in [-0.05, 0) is 74.1 Å². The number of nitrogens with one attached hydrogen (secondary N) is 2. The number of anilines is 1. The molecule has 1 aromatic carbocycles. The molecule has 2 aliphatic rings. The number of amides is 1. The second-order valence-electron chi connectivity index (χ2n) is 9.26. The summed E-state index contributed by atoms with van der Waals surface area (Å²) in [6.07, 6.45) is 2.05. The Balaban J connectivity index is 1.73. The number of pyridine rings is 1. The van der Waals surface area contributed by atoms with Crippen molar-refractivity contribution in [1.82, 2.24) is 9.71 Å². The Bertz CT molecular complexity index is 1210. The van der Waals surface area contributed by atoms with Gasteiger partial charge in [-0.3, -0.25) is 18.7 Å². The van der Waals surface area contributed by atoms with Crippen LogP contribution < -0.4 is 20.5 Å². The summed E-state index contributed by atoms with van der Waals surface area (Å²) in [6.45, 7) is 7.69. The Kier molecular flexibility index (Phi) is 5.57. The van der Waals surface area contributed by atoms with Gasteiger partial charge in [0.15, 0.2) is 0 Å². The fourth-order valence-corrected chi connectivity index (χ4v) is 8.48. The minimum absolute atomic E-state index is 0.228. The van der Waals surface area contributed by atoms with Crippen molar-refractivity contribution in [3.8, 4) is 5.75 Å². The average Bonchev–Trinajstić information content (AvgIpc) is 3.18. The Labute approximate surface area is 193 Å². The summed E-state index contributed by atoms with van der Waals surface area (Å²) in [5.74, 6) is -0.153. The number of aryl methyl sites for hydroxylation is 1. The number of carbonyl (C=O) groups is 1. The van der Waals surface area contributed by atoms with Crippen molar-refractivity contribution in [3.63, 3.8) is 0 Å². The van der Waals surface area contributed by atoms with Crippen molar-refractivity contribution >= 4 is 27.5 Å². The van der Waals surface area contributed by atoms with Crippen molar-refractivity contribution in [2.45, 2.75) is 49.7 Å². The zero-order valence-electron chi connectivity index (χ0n) is 19.4. The number of aromatic nitrogens is 1. The summed E-state index contributed by atoms with van der Waals surface area (Å²) in [5.41, 5.74) is 6.64. The van der Waals surface area contributed by atoms with Gasteiger partial charge in [-0.2, -0.15) is 0 Å². The van der Waals surface area contributed by atoms with Crippen LogP contribution in [0, 0.1) is 12.7 Å². The first-order chi connectivity index (χ1) is 15.4. The summed E-state index contributed by atoms with van der Waals surface area (Å²) in [4.78, 5) is 21.7. The molecule has 33 heavy (non-hydrogen) atoms. The fraction of sp³-hybridized carbons (Fsp3) is 0.435. The molecular weight excluding hydrogens is 445 g/mol. The number of ether oxygens (including phenoxy) is 1. The van der Waals surface area contributed by atoms with Crippen LogP contribution in [-0.2, 0) is 15.7 Å². The lowest BCUT2D eigenvalue weighted by molar-refractivity contribution is 0.102. The minimum Gasteiger partial charge on any atom is -0.495 e. The van der Waals surface area contributed by atoms with Crippen molar-refractivity contribution in [1.29, 1.82) is 0 Å². The molecule has 178 valence electrons. The van der Waals surface area contributed by atoms with Crippen LogP contribution in [-0.4, -0.2) is 44.6 Å². The van der Waals surface area contributed by atoms with Gasteiger partial charge in [0.1, 0.15) is 28.6 Å². The van der Waals surface area contributed by atoms with Gasteiger partial charge < -0.3 is 15.8 Å². The first-order valence-electron chi connectivity index (χ1n) is 10.8. The molecule has 2 aromatic rings. The van der Waals surface area contributed by atoms with E-state index in [-0.39, 0.29) is 17.1 Å². The zero-order chi connectivity index (χ0) is 24.2. The lowest BCUT2D eigenvalue weighted by Gasteiger charge is -2.50. The number of aliphatic imine (C=N–C) groups is 1. The third-order valence-corrected chi connectivity index (χ3v) is 11.2. The Morgan fingerprint density at radius 3 is 2.73 bits per heavy atom. The molecule has 4 rings (SSSR count). The monoisotopic (exact) mass is 475 g/mol. The van der Waals surface area contributed by atoms with E-state index in [0.29, 0.717) is 30.0 Å². The van der Waals surface area contributed by atoms with Gasteiger partial charge in [0.2, 0.25) is 0 Å². The van der Waals surface area contributed by atoms with Gasteiger partial charge >= 0.3 is 0 Å². The number of amidine groups is 1. The molecule has 1 saturated heterocycles. The lowest BCUT2D eigenvalue weighted by atomic mass is 9.85. The highest BCUT2D eigenvalue weighted by molar-refractivity contribution is 8.04. The molecule has 1 fully saturated rings. The second-order valence-corrected chi connectivity index (χ2v) is 12.6. The quantitative estimate of drug-likeness (QED) is 0.507. The van der Waals surface area contributed by atoms with Crippen LogP contribution >= 0.6 is 0 Å². The number of hydrogen-bond acceptors (Lipinski definition) is 6. The molecule has 0 spiro atoms. The third-order valence-electron chi connectivity index (χ3n) is 6.94. The number of thiol groups is 1. The number of benzene rings is 1. The average molecular weight is 476 g/mol. The first kappa shape index (κ1) is 23.3. The summed E-state index contributed by atoms with van der Waals surface area (Å²) < 4.78 is 36.6. The van der Waals surface area contributed by atoms with E-state index in [4.69, 9.17) is 15.5 Å². The predicted octanol–water partition coefficient (Wildman–Crippen LogP) is 2.45. The van der Waals surface area contributed by atoms with Crippen LogP contribution in [0.1, 0.15) is 48.8 Å². The van der Waals surface area contributed by atoms with Crippen LogP contribution in [0.25, 0.3) is 0 Å². The van der Waals surface area contributed by atoms with Gasteiger partial charge in [-0.15, -0.1) is 0 Å². The number of nitrogens with two attached hydrogens (primary N) is 1. The number of hydrogen-bond donors (Lipinski definition) is 4. The molecule has 10 heteroatoms. The normalized spacial score (nSPS) is 26.1. The largest absolute Gasteiger partial charge is 0.495 e. The molecule has 2 atom stereocenters. The van der Waals surface area contributed by atoms with Gasteiger partial charge in [0, 0.05) is 17.8 Å². The van der Waals surface area contributed by atoms with E-state index < -0.39 is 37.4 Å². The molecule has 0 aliphatic carbocycles. The number of methoxy groups -OCH3 is 1. The van der Waals surface area contributed by atoms with Gasteiger partial charge in [0.25, 0.3) is 5.91 Å². The molecule has 0 bridgehead atoms. The molecular formula is C23H30FN5O3S. The van der Waals surface area contributed by atoms with E-state index in [0.717, 1.165) is 0 Å². The lowest BCUT2D eigenvalue weighted by Crippen LogP contribution is -2.64. The molecule has 1 aromatic heterocycles. The highest BCUT2D eigenvalue weighted by atomic mass is 32.3. The Morgan fingerprint density at radius 1 is 1.33 bits per heavy atom. The SMILES string of the molecule is COc1cnc(C(=O)Nc2ccc(F)c([C@@]3(C)N=C(N)C(C)(C)[SH]4(=O)NCC[C@H]34)c2)c(C)c1. The third kappa shape index (κ3) is 3.52. The van der Waals surface area contributed by atoms with Gasteiger partial charge in [0.05, 0.1) is 23.3 Å². The number of halogens is 1. The number of nitrogens with zero attached hydrogens (tertiary/aromatic N) is 2. The Morgan fingerprint density at radius 2 is 2.06 bits per heavy atom. The van der Waals surface area contributed by atoms with Crippen LogP contribution in [0.5, 0.6) is 5.75 Å². The van der Waals surface area contributed by atoms with Crippen molar-refractivity contribution < 1.29 is 18.1 Å². The maximum Gasteiger partial charge on any atom is 0.274 e. The Hall–Kier alpha value is -2.85. The van der Waals surface area contributed by atoms with Crippen molar-refractivity contribution in [2.75, 3.05) is 19.0 Å². The van der Waals surface area contributed by atoms with E-state index >= 15 is 4.39 Å². The zero-order valence-corrected chi connectivity index (χ0v) is 20.3. The summed E-state index contributed by atoms with van der Waals surface area (Å²) in [7, 11) is -1.50. The number of carbonyl (C=O) groups excluding carboxylic acids is 1. The molecule has 3 heterocycles. The van der Waals surface area contributed by atoms with Gasteiger partial charge in [-0.25, -0.2) is 9.37 Å². The molecule has 0 saturated carbocycles. The predicted molar refractivity (Wildman–Crippen MR) is 129 cm³/mol. The van der Waals surface area contributed by atoms with E-state index in [1.54, 1.807) is 26.0 Å². The van der Waals surface area contributed by atoms with Crippen LogP contribution in [0.15, 0.2) is 35.5 Å². The molecule has 1 amide bonds. The van der Waals surface area contributed by atoms with Crippen LogP contribution in [0.3, 0.4) is 0 Å². The highest BCUT2D eigenvalue weighted by Crippen LogP contribution is 2.49. The first-order valence-corrected chi connectivity index (χ1v) is 12.5. The summed E-state index contributed by atoms with van der Waals surface area (Å²) >= 11 is 0. The summed E-state index contributed by atoms with van der Waals surface area (Å²) in [6, 6.07) is 6.02.